The molecule has 0 radical (unpaired) electrons. The number of aryl methyl sites for hydroxylation is 2. The molecule has 1 heterocycles. The summed E-state index contributed by atoms with van der Waals surface area (Å²) in [6.45, 7) is 4.16. The van der Waals surface area contributed by atoms with Gasteiger partial charge in [-0.25, -0.2) is 4.98 Å². The highest BCUT2D eigenvalue weighted by Gasteiger charge is 2.22. The number of methoxy groups -OCH3 is 2. The lowest BCUT2D eigenvalue weighted by Gasteiger charge is -2.23. The third-order valence-electron chi connectivity index (χ3n) is 3.60. The number of hydrogen-bond acceptors (Lipinski definition) is 4. The molecule has 112 valence electrons. The lowest BCUT2D eigenvalue weighted by Crippen LogP contribution is -2.20. The zero-order valence-corrected chi connectivity index (χ0v) is 13.2. The van der Waals surface area contributed by atoms with Crippen molar-refractivity contribution in [3.05, 3.63) is 52.7 Å². The van der Waals surface area contributed by atoms with Gasteiger partial charge >= 0.3 is 0 Å². The maximum absolute atomic E-state index is 5.58. The maximum Gasteiger partial charge on any atom is 0.218 e. The molecule has 0 amide bonds. The van der Waals surface area contributed by atoms with Gasteiger partial charge in [0.15, 0.2) is 0 Å². The Labute approximate surface area is 126 Å². The standard InChI is InChI=1S/C17H22N2O2/c1-11-9-12(2)15(14(10-11)20-4)16(18-3)13-7-6-8-19-17(13)21-5/h6-10,16,18H,1-5H3. The molecule has 1 aromatic heterocycles. The van der Waals surface area contributed by atoms with Crippen LogP contribution in [0.4, 0.5) is 0 Å². The van der Waals surface area contributed by atoms with Crippen LogP contribution in [0.1, 0.15) is 28.3 Å². The number of nitrogens with one attached hydrogen (secondary N) is 1. The molecule has 0 aliphatic heterocycles. The number of aromatic nitrogens is 1. The van der Waals surface area contributed by atoms with Crippen LogP contribution in [0.25, 0.3) is 0 Å². The molecule has 4 nitrogen and oxygen atoms in total. The van der Waals surface area contributed by atoms with Crippen molar-refractivity contribution in [2.75, 3.05) is 21.3 Å². The van der Waals surface area contributed by atoms with E-state index in [1.807, 2.05) is 19.2 Å². The number of benzene rings is 1. The van der Waals surface area contributed by atoms with E-state index in [-0.39, 0.29) is 6.04 Å². The Balaban J connectivity index is 2.62. The highest BCUT2D eigenvalue weighted by Crippen LogP contribution is 2.36. The van der Waals surface area contributed by atoms with Crippen molar-refractivity contribution in [3.63, 3.8) is 0 Å². The van der Waals surface area contributed by atoms with Crippen LogP contribution in [0.3, 0.4) is 0 Å². The zero-order chi connectivity index (χ0) is 15.4. The van der Waals surface area contributed by atoms with Crippen LogP contribution in [0.5, 0.6) is 11.6 Å². The van der Waals surface area contributed by atoms with Crippen LogP contribution in [-0.2, 0) is 0 Å². The van der Waals surface area contributed by atoms with E-state index in [0.717, 1.165) is 16.9 Å². The lowest BCUT2D eigenvalue weighted by molar-refractivity contribution is 0.383. The fourth-order valence-corrected chi connectivity index (χ4v) is 2.73. The van der Waals surface area contributed by atoms with Gasteiger partial charge in [-0.2, -0.15) is 0 Å². The molecule has 2 rings (SSSR count). The first-order chi connectivity index (χ1) is 10.1. The molecular formula is C17H22N2O2. The third-order valence-corrected chi connectivity index (χ3v) is 3.60. The molecule has 0 spiro atoms. The minimum Gasteiger partial charge on any atom is -0.496 e. The number of nitrogens with zero attached hydrogens (tertiary/aromatic N) is 1. The van der Waals surface area contributed by atoms with E-state index in [2.05, 4.69) is 36.3 Å². The van der Waals surface area contributed by atoms with Crippen LogP contribution >= 0.6 is 0 Å². The van der Waals surface area contributed by atoms with Gasteiger partial charge in [0.05, 0.1) is 20.3 Å². The molecule has 0 fully saturated rings. The van der Waals surface area contributed by atoms with Crippen LogP contribution in [0, 0.1) is 13.8 Å². The molecule has 0 saturated heterocycles. The summed E-state index contributed by atoms with van der Waals surface area (Å²) in [7, 11) is 5.26. The summed E-state index contributed by atoms with van der Waals surface area (Å²) in [5, 5.41) is 3.34. The zero-order valence-electron chi connectivity index (χ0n) is 13.2. The molecule has 0 aliphatic carbocycles. The van der Waals surface area contributed by atoms with E-state index in [1.165, 1.54) is 11.1 Å². The fourth-order valence-electron chi connectivity index (χ4n) is 2.73. The molecule has 0 bridgehead atoms. The molecule has 21 heavy (non-hydrogen) atoms. The highest BCUT2D eigenvalue weighted by atomic mass is 16.5. The van der Waals surface area contributed by atoms with Gasteiger partial charge in [0, 0.05) is 17.3 Å². The van der Waals surface area contributed by atoms with E-state index >= 15 is 0 Å². The van der Waals surface area contributed by atoms with E-state index in [0.29, 0.717) is 5.88 Å². The summed E-state index contributed by atoms with van der Waals surface area (Å²) in [6, 6.07) is 8.11. The van der Waals surface area contributed by atoms with E-state index < -0.39 is 0 Å². The molecule has 1 unspecified atom stereocenters. The van der Waals surface area contributed by atoms with Crippen LogP contribution < -0.4 is 14.8 Å². The number of rotatable bonds is 5. The largest absolute Gasteiger partial charge is 0.496 e. The molecule has 0 saturated carbocycles. The Morgan fingerprint density at radius 2 is 1.90 bits per heavy atom. The van der Waals surface area contributed by atoms with E-state index in [9.17, 15) is 0 Å². The van der Waals surface area contributed by atoms with Crippen molar-refractivity contribution in [1.82, 2.24) is 10.3 Å². The van der Waals surface area contributed by atoms with Gasteiger partial charge in [-0.1, -0.05) is 12.1 Å². The first-order valence-corrected chi connectivity index (χ1v) is 6.93. The molecule has 1 atom stereocenters. The van der Waals surface area contributed by atoms with Crippen molar-refractivity contribution < 1.29 is 9.47 Å². The summed E-state index contributed by atoms with van der Waals surface area (Å²) in [5.41, 5.74) is 4.46. The summed E-state index contributed by atoms with van der Waals surface area (Å²) in [5.74, 6) is 1.50. The Morgan fingerprint density at radius 3 is 2.52 bits per heavy atom. The van der Waals surface area contributed by atoms with E-state index in [4.69, 9.17) is 9.47 Å². The third kappa shape index (κ3) is 3.00. The normalized spacial score (nSPS) is 12.0. The number of hydrogen-bond donors (Lipinski definition) is 1. The Bertz CT molecular complexity index is 626. The second-order valence-corrected chi connectivity index (χ2v) is 5.02. The van der Waals surface area contributed by atoms with E-state index in [1.54, 1.807) is 20.4 Å². The minimum atomic E-state index is -0.0378. The van der Waals surface area contributed by atoms with Gasteiger partial charge in [-0.15, -0.1) is 0 Å². The molecule has 1 aromatic carbocycles. The average molecular weight is 286 g/mol. The number of pyridine rings is 1. The smallest absolute Gasteiger partial charge is 0.218 e. The van der Waals surface area contributed by atoms with Gasteiger partial charge in [-0.05, 0) is 44.2 Å². The van der Waals surface area contributed by atoms with Crippen molar-refractivity contribution in [2.24, 2.45) is 0 Å². The summed E-state index contributed by atoms with van der Waals surface area (Å²) in [4.78, 5) is 4.29. The molecule has 1 N–H and O–H groups in total. The topological polar surface area (TPSA) is 43.4 Å². The molecule has 4 heteroatoms. The first-order valence-electron chi connectivity index (χ1n) is 6.93. The van der Waals surface area contributed by atoms with Crippen LogP contribution in [0.15, 0.2) is 30.5 Å². The summed E-state index contributed by atoms with van der Waals surface area (Å²) >= 11 is 0. The Kier molecular flexibility index (Phi) is 4.81. The summed E-state index contributed by atoms with van der Waals surface area (Å²) in [6.07, 6.45) is 1.73. The second-order valence-electron chi connectivity index (χ2n) is 5.02. The van der Waals surface area contributed by atoms with Gasteiger partial charge in [-0.3, -0.25) is 0 Å². The van der Waals surface area contributed by atoms with Gasteiger partial charge in [0.1, 0.15) is 5.75 Å². The Morgan fingerprint density at radius 1 is 1.14 bits per heavy atom. The van der Waals surface area contributed by atoms with Crippen molar-refractivity contribution in [2.45, 2.75) is 19.9 Å². The fraction of sp³-hybridized carbons (Fsp3) is 0.353. The molecular weight excluding hydrogens is 264 g/mol. The predicted octanol–water partition coefficient (Wildman–Crippen LogP) is 3.02. The van der Waals surface area contributed by atoms with Crippen molar-refractivity contribution >= 4 is 0 Å². The minimum absolute atomic E-state index is 0.0378. The second kappa shape index (κ2) is 6.59. The number of ether oxygens (including phenoxy) is 2. The van der Waals surface area contributed by atoms with Crippen molar-refractivity contribution in [1.29, 1.82) is 0 Å². The Hall–Kier alpha value is -2.07. The SMILES string of the molecule is CNC(c1cccnc1OC)c1c(C)cc(C)cc1OC. The maximum atomic E-state index is 5.58. The van der Waals surface area contributed by atoms with Gasteiger partial charge < -0.3 is 14.8 Å². The van der Waals surface area contributed by atoms with Crippen molar-refractivity contribution in [3.8, 4) is 11.6 Å². The quantitative estimate of drug-likeness (QED) is 0.917. The average Bonchev–Trinajstić information content (AvgIpc) is 2.49. The highest BCUT2D eigenvalue weighted by molar-refractivity contribution is 5.50. The molecule has 0 aliphatic rings. The molecule has 2 aromatic rings. The van der Waals surface area contributed by atoms with Crippen LogP contribution in [-0.4, -0.2) is 26.3 Å². The predicted molar refractivity (Wildman–Crippen MR) is 84.2 cm³/mol. The van der Waals surface area contributed by atoms with Gasteiger partial charge in [0.2, 0.25) is 5.88 Å². The first kappa shape index (κ1) is 15.3. The van der Waals surface area contributed by atoms with Gasteiger partial charge in [0.25, 0.3) is 0 Å². The lowest BCUT2D eigenvalue weighted by atomic mass is 9.93. The van der Waals surface area contributed by atoms with Crippen LogP contribution in [0.2, 0.25) is 0 Å². The monoisotopic (exact) mass is 286 g/mol. The summed E-state index contributed by atoms with van der Waals surface area (Å²) < 4.78 is 11.0.